The number of carboxylic acid groups (broad SMARTS) is 1. The molecule has 0 saturated carbocycles. The van der Waals surface area contributed by atoms with Crippen LogP contribution >= 0.6 is 0 Å². The number of aromatic carboxylic acids is 1. The van der Waals surface area contributed by atoms with Gasteiger partial charge in [0.05, 0.1) is 6.54 Å². The number of nitrogens with zero attached hydrogens (tertiary/aromatic N) is 1. The highest BCUT2D eigenvalue weighted by atomic mass is 19.1. The number of hydrogen-bond acceptors (Lipinski definition) is 3. The third kappa shape index (κ3) is 4.22. The summed E-state index contributed by atoms with van der Waals surface area (Å²) in [4.78, 5) is 24.8. The molecule has 0 saturated heterocycles. The van der Waals surface area contributed by atoms with Crippen LogP contribution in [0, 0.1) is 12.7 Å². The summed E-state index contributed by atoms with van der Waals surface area (Å²) in [6, 6.07) is 7.52. The van der Waals surface area contributed by atoms with Gasteiger partial charge in [-0.1, -0.05) is 19.1 Å². The summed E-state index contributed by atoms with van der Waals surface area (Å²) in [7, 11) is 1.64. The molecule has 0 fully saturated rings. The fraction of sp³-hybridized carbons (Fsp3) is 0.333. The summed E-state index contributed by atoms with van der Waals surface area (Å²) >= 11 is 0. The van der Waals surface area contributed by atoms with Gasteiger partial charge in [-0.15, -0.1) is 0 Å². The smallest absolute Gasteiger partial charge is 0.339 e. The molecule has 128 valence electrons. The van der Waals surface area contributed by atoms with Crippen molar-refractivity contribution in [3.8, 4) is 0 Å². The summed E-state index contributed by atoms with van der Waals surface area (Å²) in [6.45, 7) is 3.67. The van der Waals surface area contributed by atoms with E-state index in [1.165, 1.54) is 23.1 Å². The number of hydrogen-bond donors (Lipinski definition) is 1. The van der Waals surface area contributed by atoms with Gasteiger partial charge in [0.2, 0.25) is 5.91 Å². The molecule has 6 heteroatoms. The van der Waals surface area contributed by atoms with E-state index in [1.54, 1.807) is 26.1 Å². The summed E-state index contributed by atoms with van der Waals surface area (Å²) in [6.07, 6.45) is 0.271. The first-order valence-electron chi connectivity index (χ1n) is 7.60. The third-order valence-corrected chi connectivity index (χ3v) is 3.94. The van der Waals surface area contributed by atoms with E-state index in [1.807, 2.05) is 6.92 Å². The highest BCUT2D eigenvalue weighted by Crippen LogP contribution is 2.21. The van der Waals surface area contributed by atoms with Gasteiger partial charge in [-0.3, -0.25) is 4.79 Å². The standard InChI is InChI=1S/C18H20FNO4/c1-11(13-4-6-14(19)7-5-13)8-17(21)20(3)10-15-9-16(18(22)23)12(2)24-15/h4-7,9,11H,8,10H2,1-3H3,(H,22,23). The van der Waals surface area contributed by atoms with Crippen LogP contribution in [0.1, 0.15) is 46.7 Å². The highest BCUT2D eigenvalue weighted by Gasteiger charge is 2.19. The molecule has 1 aromatic carbocycles. The van der Waals surface area contributed by atoms with Gasteiger partial charge in [0.1, 0.15) is 22.9 Å². The maximum Gasteiger partial charge on any atom is 0.339 e. The van der Waals surface area contributed by atoms with E-state index in [4.69, 9.17) is 9.52 Å². The second kappa shape index (κ2) is 7.29. The van der Waals surface area contributed by atoms with Gasteiger partial charge in [-0.25, -0.2) is 9.18 Å². The number of furan rings is 1. The minimum atomic E-state index is -1.05. The average molecular weight is 333 g/mol. The van der Waals surface area contributed by atoms with Crippen LogP contribution in [0.15, 0.2) is 34.7 Å². The number of carboxylic acids is 1. The van der Waals surface area contributed by atoms with Gasteiger partial charge in [0.15, 0.2) is 0 Å². The first kappa shape index (κ1) is 17.7. The van der Waals surface area contributed by atoms with E-state index < -0.39 is 5.97 Å². The third-order valence-electron chi connectivity index (χ3n) is 3.94. The minimum Gasteiger partial charge on any atom is -0.478 e. The summed E-state index contributed by atoms with van der Waals surface area (Å²) in [5.41, 5.74) is 0.991. The summed E-state index contributed by atoms with van der Waals surface area (Å²) in [5.74, 6) is -0.766. The van der Waals surface area contributed by atoms with Crippen molar-refractivity contribution >= 4 is 11.9 Å². The van der Waals surface area contributed by atoms with E-state index in [-0.39, 0.29) is 36.2 Å². The largest absolute Gasteiger partial charge is 0.478 e. The quantitative estimate of drug-likeness (QED) is 0.877. The van der Waals surface area contributed by atoms with Crippen molar-refractivity contribution in [3.63, 3.8) is 0 Å². The number of rotatable bonds is 6. The Bertz CT molecular complexity index is 736. The van der Waals surface area contributed by atoms with E-state index in [9.17, 15) is 14.0 Å². The lowest BCUT2D eigenvalue weighted by molar-refractivity contribution is -0.131. The highest BCUT2D eigenvalue weighted by molar-refractivity contribution is 5.88. The van der Waals surface area contributed by atoms with Crippen molar-refractivity contribution in [2.45, 2.75) is 32.7 Å². The van der Waals surface area contributed by atoms with Gasteiger partial charge in [0, 0.05) is 13.5 Å². The van der Waals surface area contributed by atoms with Gasteiger partial charge < -0.3 is 14.4 Å². The molecule has 1 amide bonds. The molecule has 1 atom stereocenters. The normalized spacial score (nSPS) is 12.0. The van der Waals surface area contributed by atoms with Crippen LogP contribution in [0.5, 0.6) is 0 Å². The van der Waals surface area contributed by atoms with Gasteiger partial charge >= 0.3 is 5.97 Å². The molecule has 1 heterocycles. The van der Waals surface area contributed by atoms with Crippen LogP contribution in [0.25, 0.3) is 0 Å². The Morgan fingerprint density at radius 1 is 1.29 bits per heavy atom. The zero-order valence-electron chi connectivity index (χ0n) is 13.9. The predicted octanol–water partition coefficient (Wildman–Crippen LogP) is 3.58. The zero-order valence-corrected chi connectivity index (χ0v) is 13.9. The van der Waals surface area contributed by atoms with E-state index >= 15 is 0 Å². The predicted molar refractivity (Wildman–Crippen MR) is 86.3 cm³/mol. The molecule has 1 aromatic heterocycles. The SMILES string of the molecule is Cc1oc(CN(C)C(=O)CC(C)c2ccc(F)cc2)cc1C(=O)O. The monoisotopic (exact) mass is 333 g/mol. The Hall–Kier alpha value is -2.63. The van der Waals surface area contributed by atoms with Crippen molar-refractivity contribution in [2.24, 2.45) is 0 Å². The fourth-order valence-corrected chi connectivity index (χ4v) is 2.48. The molecule has 0 aliphatic carbocycles. The lowest BCUT2D eigenvalue weighted by Gasteiger charge is -2.19. The van der Waals surface area contributed by atoms with E-state index in [0.29, 0.717) is 11.5 Å². The van der Waals surface area contributed by atoms with Crippen LogP contribution in [0.3, 0.4) is 0 Å². The lowest BCUT2D eigenvalue weighted by atomic mass is 9.97. The molecule has 2 aromatic rings. The van der Waals surface area contributed by atoms with Crippen LogP contribution in [-0.4, -0.2) is 28.9 Å². The van der Waals surface area contributed by atoms with Crippen LogP contribution in [-0.2, 0) is 11.3 Å². The number of carbonyl (C=O) groups excluding carboxylic acids is 1. The molecule has 0 radical (unpaired) electrons. The lowest BCUT2D eigenvalue weighted by Crippen LogP contribution is -2.27. The molecule has 0 bridgehead atoms. The maximum atomic E-state index is 12.9. The minimum absolute atomic E-state index is 0.0477. The van der Waals surface area contributed by atoms with E-state index in [0.717, 1.165) is 5.56 Å². The van der Waals surface area contributed by atoms with Crippen molar-refractivity contribution < 1.29 is 23.5 Å². The molecule has 2 rings (SSSR count). The van der Waals surface area contributed by atoms with E-state index in [2.05, 4.69) is 0 Å². The Labute approximate surface area is 139 Å². The first-order chi connectivity index (χ1) is 11.3. The second-order valence-electron chi connectivity index (χ2n) is 5.89. The van der Waals surface area contributed by atoms with Crippen molar-refractivity contribution in [1.29, 1.82) is 0 Å². The van der Waals surface area contributed by atoms with Crippen LogP contribution < -0.4 is 0 Å². The summed E-state index contributed by atoms with van der Waals surface area (Å²) < 4.78 is 18.3. The van der Waals surface area contributed by atoms with Crippen LogP contribution in [0.4, 0.5) is 4.39 Å². The van der Waals surface area contributed by atoms with Gasteiger partial charge in [-0.05, 0) is 36.6 Å². The Morgan fingerprint density at radius 2 is 1.92 bits per heavy atom. The molecule has 1 N–H and O–H groups in total. The first-order valence-corrected chi connectivity index (χ1v) is 7.60. The molecule has 1 unspecified atom stereocenters. The van der Waals surface area contributed by atoms with Crippen LogP contribution in [0.2, 0.25) is 0 Å². The zero-order chi connectivity index (χ0) is 17.9. The van der Waals surface area contributed by atoms with Gasteiger partial charge in [-0.2, -0.15) is 0 Å². The molecule has 0 aliphatic rings. The van der Waals surface area contributed by atoms with Crippen molar-refractivity contribution in [1.82, 2.24) is 4.90 Å². The Kier molecular flexibility index (Phi) is 5.39. The molecule has 24 heavy (non-hydrogen) atoms. The van der Waals surface area contributed by atoms with Crippen molar-refractivity contribution in [3.05, 3.63) is 58.8 Å². The summed E-state index contributed by atoms with van der Waals surface area (Å²) in [5, 5.41) is 9.02. The number of amides is 1. The number of carbonyl (C=O) groups is 2. The topological polar surface area (TPSA) is 70.8 Å². The molecular weight excluding hydrogens is 313 g/mol. The Balaban J connectivity index is 1.98. The number of benzene rings is 1. The molecular formula is C18H20FNO4. The molecule has 5 nitrogen and oxygen atoms in total. The number of aryl methyl sites for hydroxylation is 1. The molecule has 0 aliphatic heterocycles. The Morgan fingerprint density at radius 3 is 2.46 bits per heavy atom. The average Bonchev–Trinajstić information content (AvgIpc) is 2.88. The number of halogens is 1. The van der Waals surface area contributed by atoms with Gasteiger partial charge in [0.25, 0.3) is 0 Å². The fourth-order valence-electron chi connectivity index (χ4n) is 2.48. The maximum absolute atomic E-state index is 12.9. The van der Waals surface area contributed by atoms with Crippen molar-refractivity contribution in [2.75, 3.05) is 7.05 Å². The molecule has 0 spiro atoms. The second-order valence-corrected chi connectivity index (χ2v) is 5.89.